The maximum Gasteiger partial charge on any atom is 0.407 e. The number of hydrogen-bond donors (Lipinski definition) is 4. The average molecular weight is 526 g/mol. The number of amides is 2. The van der Waals surface area contributed by atoms with Gasteiger partial charge in [0.25, 0.3) is 7.52 Å². The molecule has 0 bridgehead atoms. The van der Waals surface area contributed by atoms with Crippen molar-refractivity contribution in [2.45, 2.75) is 83.4 Å². The molecule has 1 aliphatic rings. The van der Waals surface area contributed by atoms with Gasteiger partial charge in [0.1, 0.15) is 12.6 Å². The number of carboxylic acid groups (broad SMARTS) is 1. The summed E-state index contributed by atoms with van der Waals surface area (Å²) in [6.07, 6.45) is 5.13. The molecule has 4 N–H and O–H groups in total. The number of rotatable bonds is 16. The van der Waals surface area contributed by atoms with Crippen molar-refractivity contribution < 1.29 is 33.7 Å². The van der Waals surface area contributed by atoms with Crippen LogP contribution in [0.1, 0.15) is 70.3 Å². The number of aliphatic carboxylic acids is 1. The van der Waals surface area contributed by atoms with Crippen molar-refractivity contribution in [2.75, 3.05) is 19.3 Å². The molecule has 0 spiro atoms. The molecule has 0 saturated carbocycles. The second-order valence-corrected chi connectivity index (χ2v) is 11.3. The molecule has 1 saturated heterocycles. The molecular formula is C25H40N3O7P. The highest BCUT2D eigenvalue weighted by atomic mass is 31.2. The maximum absolute atomic E-state index is 13.2. The van der Waals surface area contributed by atoms with Crippen molar-refractivity contribution >= 4 is 25.5 Å². The molecule has 2 amide bonds. The summed E-state index contributed by atoms with van der Waals surface area (Å²) in [5, 5.41) is 14.8. The summed E-state index contributed by atoms with van der Waals surface area (Å²) < 4.78 is 17.9. The highest BCUT2D eigenvalue weighted by Gasteiger charge is 2.38. The fraction of sp³-hybridized carbons (Fsp3) is 0.640. The van der Waals surface area contributed by atoms with Crippen LogP contribution in [0.4, 0.5) is 4.79 Å². The molecule has 1 aliphatic heterocycles. The third-order valence-electron chi connectivity index (χ3n) is 6.19. The van der Waals surface area contributed by atoms with Crippen molar-refractivity contribution in [1.82, 2.24) is 15.3 Å². The largest absolute Gasteiger partial charge is 0.480 e. The number of benzene rings is 1. The van der Waals surface area contributed by atoms with Gasteiger partial charge in [0.05, 0.1) is 6.04 Å². The summed E-state index contributed by atoms with van der Waals surface area (Å²) in [5.74, 6) is -1.53. The van der Waals surface area contributed by atoms with Crippen molar-refractivity contribution in [1.29, 1.82) is 0 Å². The topological polar surface area (TPSA) is 145 Å². The van der Waals surface area contributed by atoms with E-state index in [4.69, 9.17) is 4.74 Å². The normalized spacial score (nSPS) is 17.8. The monoisotopic (exact) mass is 525 g/mol. The molecule has 11 heteroatoms. The van der Waals surface area contributed by atoms with Crippen LogP contribution in [-0.2, 0) is 25.5 Å². The molecule has 3 atom stereocenters. The third-order valence-corrected chi connectivity index (χ3v) is 7.83. The first-order valence-electron chi connectivity index (χ1n) is 12.8. The van der Waals surface area contributed by atoms with Gasteiger partial charge in [-0.1, -0.05) is 56.5 Å². The van der Waals surface area contributed by atoms with Crippen molar-refractivity contribution in [3.8, 4) is 0 Å². The van der Waals surface area contributed by atoms with Crippen molar-refractivity contribution in [3.63, 3.8) is 0 Å². The van der Waals surface area contributed by atoms with Gasteiger partial charge >= 0.3 is 12.1 Å². The van der Waals surface area contributed by atoms with Crippen LogP contribution >= 0.6 is 7.52 Å². The van der Waals surface area contributed by atoms with Crippen molar-refractivity contribution in [3.05, 3.63) is 35.9 Å². The Morgan fingerprint density at radius 1 is 1.14 bits per heavy atom. The molecule has 1 aromatic carbocycles. The Bertz CT molecular complexity index is 884. The van der Waals surface area contributed by atoms with Gasteiger partial charge in [0.15, 0.2) is 0 Å². The number of hydrogen-bond acceptors (Lipinski definition) is 5. The number of unbranched alkanes of at least 4 members (excludes halogenated alkanes) is 4. The van der Waals surface area contributed by atoms with Gasteiger partial charge in [-0.2, -0.15) is 0 Å². The van der Waals surface area contributed by atoms with E-state index in [-0.39, 0.29) is 19.2 Å². The third kappa shape index (κ3) is 10.7. The molecule has 202 valence electrons. The van der Waals surface area contributed by atoms with Gasteiger partial charge in [-0.15, -0.1) is 0 Å². The Balaban J connectivity index is 1.85. The van der Waals surface area contributed by atoms with E-state index in [1.54, 1.807) is 0 Å². The van der Waals surface area contributed by atoms with Crippen LogP contribution in [-0.4, -0.2) is 64.2 Å². The summed E-state index contributed by atoms with van der Waals surface area (Å²) in [6.45, 7) is 2.86. The second kappa shape index (κ2) is 15.6. The Morgan fingerprint density at radius 2 is 1.89 bits per heavy atom. The lowest BCUT2D eigenvalue weighted by Gasteiger charge is -2.29. The predicted molar refractivity (Wildman–Crippen MR) is 137 cm³/mol. The number of carbonyl (C=O) groups excluding carboxylic acids is 2. The fourth-order valence-corrected chi connectivity index (χ4v) is 5.74. The Labute approximate surface area is 213 Å². The van der Waals surface area contributed by atoms with Gasteiger partial charge < -0.3 is 25.0 Å². The lowest BCUT2D eigenvalue weighted by Crippen LogP contribution is -2.49. The fourth-order valence-electron chi connectivity index (χ4n) is 4.23. The smallest absolute Gasteiger partial charge is 0.407 e. The summed E-state index contributed by atoms with van der Waals surface area (Å²) >= 11 is 0. The Morgan fingerprint density at radius 3 is 2.58 bits per heavy atom. The van der Waals surface area contributed by atoms with Gasteiger partial charge in [0, 0.05) is 19.3 Å². The number of nitrogens with one attached hydrogen (secondary N) is 2. The molecule has 1 aromatic rings. The summed E-state index contributed by atoms with van der Waals surface area (Å²) in [6, 6.07) is 7.44. The first-order chi connectivity index (χ1) is 17.2. The minimum atomic E-state index is -3.77. The number of nitrogens with zero attached hydrogens (tertiary/aromatic N) is 1. The van der Waals surface area contributed by atoms with E-state index in [0.29, 0.717) is 45.2 Å². The van der Waals surface area contributed by atoms with Crippen LogP contribution in [0, 0.1) is 0 Å². The molecule has 1 unspecified atom stereocenters. The molecule has 1 fully saturated rings. The number of carbonyl (C=O) groups is 3. The lowest BCUT2D eigenvalue weighted by atomic mass is 10.1. The zero-order chi connectivity index (χ0) is 26.4. The van der Waals surface area contributed by atoms with Gasteiger partial charge in [-0.05, 0) is 44.1 Å². The zero-order valence-electron chi connectivity index (χ0n) is 21.1. The number of alkyl carbamates (subject to hydrolysis) is 1. The second-order valence-electron chi connectivity index (χ2n) is 9.18. The lowest BCUT2D eigenvalue weighted by molar-refractivity contribution is -0.148. The highest BCUT2D eigenvalue weighted by molar-refractivity contribution is 7.55. The summed E-state index contributed by atoms with van der Waals surface area (Å²) in [4.78, 5) is 48.4. The molecule has 0 aromatic heterocycles. The van der Waals surface area contributed by atoms with E-state index in [1.807, 2.05) is 30.3 Å². The summed E-state index contributed by atoms with van der Waals surface area (Å²) in [5.41, 5.74) is 0.879. The molecule has 36 heavy (non-hydrogen) atoms. The van der Waals surface area contributed by atoms with E-state index in [2.05, 4.69) is 17.3 Å². The Kier molecular flexibility index (Phi) is 12.9. The van der Waals surface area contributed by atoms with E-state index in [9.17, 15) is 28.9 Å². The van der Waals surface area contributed by atoms with E-state index >= 15 is 0 Å². The predicted octanol–water partition coefficient (Wildman–Crippen LogP) is 3.88. The van der Waals surface area contributed by atoms with Crippen LogP contribution in [0.3, 0.4) is 0 Å². The molecule has 2 rings (SSSR count). The van der Waals surface area contributed by atoms with Crippen LogP contribution in [0.25, 0.3) is 0 Å². The standard InChI is InChI=1S/C25H40N3O7P/c1-2-3-4-10-18-36(33,34)27-21(23(29)28-17-11-15-22(28)24(30)31)14-8-9-16-26-25(32)35-19-20-12-6-5-7-13-20/h5-7,12-13,21-22H,2-4,8-11,14-19H2,1H3,(H,26,32)(H,30,31)(H2,27,33,34)/t21-,22-/m0/s1. The Hall–Kier alpha value is -2.42. The van der Waals surface area contributed by atoms with E-state index < -0.39 is 37.6 Å². The zero-order valence-corrected chi connectivity index (χ0v) is 22.0. The maximum atomic E-state index is 13.2. The molecule has 1 heterocycles. The first-order valence-corrected chi connectivity index (χ1v) is 14.7. The van der Waals surface area contributed by atoms with Gasteiger partial charge in [-0.3, -0.25) is 9.36 Å². The number of carboxylic acids is 1. The molecule has 0 aliphatic carbocycles. The SMILES string of the molecule is CCCCCCP(=O)(O)N[C@@H](CCCCNC(=O)OCc1ccccc1)C(=O)N1CCC[C@H]1C(=O)O. The minimum absolute atomic E-state index is 0.0634. The van der Waals surface area contributed by atoms with Crippen molar-refractivity contribution in [2.24, 2.45) is 0 Å². The number of ether oxygens (including phenoxy) is 1. The first kappa shape index (κ1) is 29.8. The van der Waals surface area contributed by atoms with Crippen LogP contribution in [0.5, 0.6) is 0 Å². The quantitative estimate of drug-likeness (QED) is 0.188. The van der Waals surface area contributed by atoms with Crippen LogP contribution in [0.2, 0.25) is 0 Å². The minimum Gasteiger partial charge on any atom is -0.480 e. The van der Waals surface area contributed by atoms with Gasteiger partial charge in [-0.25, -0.2) is 14.7 Å². The summed E-state index contributed by atoms with van der Waals surface area (Å²) in [7, 11) is -3.77. The van der Waals surface area contributed by atoms with E-state index in [0.717, 1.165) is 24.8 Å². The number of likely N-dealkylation sites (tertiary alicyclic amines) is 1. The highest BCUT2D eigenvalue weighted by Crippen LogP contribution is 2.38. The molecular weight excluding hydrogens is 485 g/mol. The van der Waals surface area contributed by atoms with Crippen LogP contribution < -0.4 is 10.4 Å². The molecule has 0 radical (unpaired) electrons. The van der Waals surface area contributed by atoms with Gasteiger partial charge in [0.2, 0.25) is 5.91 Å². The average Bonchev–Trinajstić information content (AvgIpc) is 3.35. The molecule has 10 nitrogen and oxygen atoms in total. The van der Waals surface area contributed by atoms with E-state index in [1.165, 1.54) is 4.90 Å². The van der Waals surface area contributed by atoms with Crippen LogP contribution in [0.15, 0.2) is 30.3 Å².